The lowest BCUT2D eigenvalue weighted by Gasteiger charge is -2.12. The summed E-state index contributed by atoms with van der Waals surface area (Å²) in [5.41, 5.74) is 2.00. The first kappa shape index (κ1) is 20.8. The van der Waals surface area contributed by atoms with Gasteiger partial charge < -0.3 is 5.32 Å². The molecule has 2 N–H and O–H groups in total. The van der Waals surface area contributed by atoms with Gasteiger partial charge in [-0.3, -0.25) is 14.5 Å². The highest BCUT2D eigenvalue weighted by molar-refractivity contribution is 7.87. The van der Waals surface area contributed by atoms with Crippen molar-refractivity contribution in [2.24, 2.45) is 0 Å². The Kier molecular flexibility index (Phi) is 6.35. The third kappa shape index (κ3) is 5.00. The van der Waals surface area contributed by atoms with Crippen molar-refractivity contribution in [1.82, 2.24) is 19.9 Å². The van der Waals surface area contributed by atoms with Crippen LogP contribution in [0.5, 0.6) is 0 Å². The second-order valence-electron chi connectivity index (χ2n) is 6.79. The summed E-state index contributed by atoms with van der Waals surface area (Å²) < 4.78 is 14.9. The third-order valence-corrected chi connectivity index (χ3v) is 7.09. The van der Waals surface area contributed by atoms with Gasteiger partial charge in [0.1, 0.15) is 22.0 Å². The average Bonchev–Trinajstić information content (AvgIpc) is 3.50. The SMILES string of the molecule is CCC(C(=O)Nc1ccc(-c2cncc(Cl)n2)cn1)c1csc(NS(=O)C2CC2)n1. The van der Waals surface area contributed by atoms with Crippen LogP contribution in [0, 0.1) is 0 Å². The van der Waals surface area contributed by atoms with Gasteiger partial charge in [-0.2, -0.15) is 0 Å². The number of carbonyl (C=O) groups is 1. The van der Waals surface area contributed by atoms with Gasteiger partial charge in [-0.25, -0.2) is 19.2 Å². The molecular formula is C19H19ClN6O2S2. The molecule has 2 atom stereocenters. The maximum atomic E-state index is 12.8. The standard InChI is InChI=1S/C19H19ClN6O2S2/c1-2-13(15-10-29-19(24-15)26-30(28)12-4-5-12)18(27)25-17-6-3-11(7-22-17)14-8-21-9-16(20)23-14/h3,6-10,12-13H,2,4-5H2,1H3,(H,24,26)(H,22,25,27). The molecule has 0 bridgehead atoms. The van der Waals surface area contributed by atoms with Crippen LogP contribution in [0.1, 0.15) is 37.8 Å². The van der Waals surface area contributed by atoms with E-state index >= 15 is 0 Å². The Labute approximate surface area is 185 Å². The quantitative estimate of drug-likeness (QED) is 0.523. The summed E-state index contributed by atoms with van der Waals surface area (Å²) in [6.07, 6.45) is 7.20. The predicted molar refractivity (Wildman–Crippen MR) is 119 cm³/mol. The molecule has 2 unspecified atom stereocenters. The van der Waals surface area contributed by atoms with E-state index in [1.165, 1.54) is 17.5 Å². The number of thiazole rings is 1. The van der Waals surface area contributed by atoms with E-state index < -0.39 is 16.9 Å². The number of pyridine rings is 1. The summed E-state index contributed by atoms with van der Waals surface area (Å²) in [5.74, 6) is -0.188. The van der Waals surface area contributed by atoms with Gasteiger partial charge in [0.2, 0.25) is 5.91 Å². The molecular weight excluding hydrogens is 444 g/mol. The number of hydrogen-bond donors (Lipinski definition) is 2. The van der Waals surface area contributed by atoms with E-state index in [0.29, 0.717) is 33.9 Å². The van der Waals surface area contributed by atoms with E-state index in [4.69, 9.17) is 11.6 Å². The van der Waals surface area contributed by atoms with Crippen LogP contribution in [0.25, 0.3) is 11.3 Å². The number of nitrogens with one attached hydrogen (secondary N) is 2. The molecule has 1 amide bonds. The largest absolute Gasteiger partial charge is 0.310 e. The van der Waals surface area contributed by atoms with Gasteiger partial charge in [0.25, 0.3) is 0 Å². The van der Waals surface area contributed by atoms with Crippen LogP contribution in [-0.4, -0.2) is 35.3 Å². The zero-order valence-electron chi connectivity index (χ0n) is 16.0. The van der Waals surface area contributed by atoms with Gasteiger partial charge in [0, 0.05) is 17.1 Å². The molecule has 30 heavy (non-hydrogen) atoms. The fourth-order valence-corrected chi connectivity index (χ4v) is 4.93. The van der Waals surface area contributed by atoms with E-state index in [1.807, 2.05) is 12.3 Å². The minimum atomic E-state index is -1.11. The van der Waals surface area contributed by atoms with Crippen LogP contribution in [-0.2, 0) is 15.8 Å². The summed E-state index contributed by atoms with van der Waals surface area (Å²) in [6, 6.07) is 3.50. The molecule has 3 aromatic rings. The minimum absolute atomic E-state index is 0.194. The average molecular weight is 463 g/mol. The summed E-state index contributed by atoms with van der Waals surface area (Å²) in [7, 11) is -1.11. The number of hydrogen-bond acceptors (Lipinski definition) is 7. The lowest BCUT2D eigenvalue weighted by molar-refractivity contribution is -0.117. The lowest BCUT2D eigenvalue weighted by atomic mass is 10.0. The maximum Gasteiger partial charge on any atom is 0.234 e. The van der Waals surface area contributed by atoms with Crippen molar-refractivity contribution in [3.63, 3.8) is 0 Å². The minimum Gasteiger partial charge on any atom is -0.310 e. The fraction of sp³-hybridized carbons (Fsp3) is 0.316. The van der Waals surface area contributed by atoms with Crippen LogP contribution >= 0.6 is 22.9 Å². The first-order valence-corrected chi connectivity index (χ1v) is 11.9. The molecule has 0 aromatic carbocycles. The normalized spacial score (nSPS) is 15.4. The van der Waals surface area contributed by atoms with Crippen molar-refractivity contribution in [1.29, 1.82) is 0 Å². The van der Waals surface area contributed by atoms with Crippen molar-refractivity contribution in [3.8, 4) is 11.3 Å². The van der Waals surface area contributed by atoms with E-state index in [-0.39, 0.29) is 11.2 Å². The smallest absolute Gasteiger partial charge is 0.234 e. The van der Waals surface area contributed by atoms with Crippen LogP contribution in [0.4, 0.5) is 10.9 Å². The van der Waals surface area contributed by atoms with Crippen molar-refractivity contribution >= 4 is 50.8 Å². The molecule has 8 nitrogen and oxygen atoms in total. The van der Waals surface area contributed by atoms with Gasteiger partial charge in [0.15, 0.2) is 5.13 Å². The molecule has 4 rings (SSSR count). The molecule has 1 aliphatic rings. The van der Waals surface area contributed by atoms with Crippen LogP contribution in [0.2, 0.25) is 5.15 Å². The van der Waals surface area contributed by atoms with Crippen molar-refractivity contribution in [3.05, 3.63) is 47.0 Å². The first-order valence-electron chi connectivity index (χ1n) is 9.41. The van der Waals surface area contributed by atoms with E-state index in [9.17, 15) is 9.00 Å². The number of rotatable bonds is 8. The van der Waals surface area contributed by atoms with E-state index in [0.717, 1.165) is 18.4 Å². The highest BCUT2D eigenvalue weighted by Crippen LogP contribution is 2.30. The zero-order valence-corrected chi connectivity index (χ0v) is 18.4. The van der Waals surface area contributed by atoms with E-state index in [2.05, 4.69) is 30.0 Å². The van der Waals surface area contributed by atoms with E-state index in [1.54, 1.807) is 24.5 Å². The Bertz CT molecular complexity index is 1070. The lowest BCUT2D eigenvalue weighted by Crippen LogP contribution is -2.21. The van der Waals surface area contributed by atoms with Crippen LogP contribution < -0.4 is 10.0 Å². The Morgan fingerprint density at radius 2 is 2.13 bits per heavy atom. The van der Waals surface area contributed by atoms with Gasteiger partial charge in [-0.15, -0.1) is 11.3 Å². The van der Waals surface area contributed by atoms with Gasteiger partial charge in [0.05, 0.1) is 34.9 Å². The van der Waals surface area contributed by atoms with Gasteiger partial charge in [-0.05, 0) is 31.4 Å². The number of carbonyl (C=O) groups excluding carboxylic acids is 1. The summed E-state index contributed by atoms with van der Waals surface area (Å²) in [6.45, 7) is 1.92. The molecule has 11 heteroatoms. The predicted octanol–water partition coefficient (Wildman–Crippen LogP) is 4.02. The topological polar surface area (TPSA) is 110 Å². The second-order valence-corrected chi connectivity index (χ2v) is 9.50. The zero-order chi connectivity index (χ0) is 21.1. The Hall–Kier alpha value is -2.43. The van der Waals surface area contributed by atoms with Crippen LogP contribution in [0.3, 0.4) is 0 Å². The van der Waals surface area contributed by atoms with Gasteiger partial charge >= 0.3 is 0 Å². The van der Waals surface area contributed by atoms with Crippen molar-refractivity contribution in [2.45, 2.75) is 37.4 Å². The number of aromatic nitrogens is 4. The van der Waals surface area contributed by atoms with Gasteiger partial charge in [-0.1, -0.05) is 18.5 Å². The molecule has 0 spiro atoms. The fourth-order valence-electron chi connectivity index (χ4n) is 2.79. The summed E-state index contributed by atoms with van der Waals surface area (Å²) in [5, 5.41) is 5.75. The number of anilines is 2. The summed E-state index contributed by atoms with van der Waals surface area (Å²) >= 11 is 7.23. The third-order valence-electron chi connectivity index (χ3n) is 4.53. The first-order chi connectivity index (χ1) is 14.5. The highest BCUT2D eigenvalue weighted by atomic mass is 35.5. The molecule has 156 valence electrons. The Balaban J connectivity index is 1.41. The highest BCUT2D eigenvalue weighted by Gasteiger charge is 2.29. The maximum absolute atomic E-state index is 12.8. The molecule has 3 aromatic heterocycles. The number of halogens is 1. The Morgan fingerprint density at radius 3 is 2.80 bits per heavy atom. The molecule has 0 radical (unpaired) electrons. The number of nitrogens with zero attached hydrogens (tertiary/aromatic N) is 4. The molecule has 1 saturated carbocycles. The molecule has 3 heterocycles. The van der Waals surface area contributed by atoms with Crippen molar-refractivity contribution < 1.29 is 9.00 Å². The molecule has 0 aliphatic heterocycles. The molecule has 1 aliphatic carbocycles. The second kappa shape index (κ2) is 9.15. The monoisotopic (exact) mass is 462 g/mol. The number of amides is 1. The Morgan fingerprint density at radius 1 is 1.30 bits per heavy atom. The molecule has 0 saturated heterocycles. The van der Waals surface area contributed by atoms with Crippen molar-refractivity contribution in [2.75, 3.05) is 10.0 Å². The summed E-state index contributed by atoms with van der Waals surface area (Å²) in [4.78, 5) is 29.7. The van der Waals surface area contributed by atoms with Crippen LogP contribution in [0.15, 0.2) is 36.1 Å². The molecule has 1 fully saturated rings.